The van der Waals surface area contributed by atoms with Crippen LogP contribution in [0.15, 0.2) is 23.5 Å². The monoisotopic (exact) mass is 428 g/mol. The number of nitrogens with zero attached hydrogens (tertiary/aromatic N) is 4. The number of rotatable bonds is 6. The molecule has 5 rings (SSSR count). The fraction of sp³-hybridized carbons (Fsp3) is 0.500. The molecule has 3 heterocycles. The Morgan fingerprint density at radius 2 is 2.07 bits per heavy atom. The van der Waals surface area contributed by atoms with Gasteiger partial charge >= 0.3 is 0 Å². The van der Waals surface area contributed by atoms with Crippen LogP contribution in [0.5, 0.6) is 0 Å². The van der Waals surface area contributed by atoms with Gasteiger partial charge in [-0.15, -0.1) is 21.5 Å². The number of fused-ring (bicyclic) bond motifs is 1. The van der Waals surface area contributed by atoms with Crippen LogP contribution in [0, 0.1) is 0 Å². The van der Waals surface area contributed by atoms with Gasteiger partial charge in [-0.1, -0.05) is 31.0 Å². The third-order valence-corrected chi connectivity index (χ3v) is 7.66. The zero-order valence-corrected chi connectivity index (χ0v) is 17.8. The fourth-order valence-electron chi connectivity index (χ4n) is 3.96. The zero-order valence-electron chi connectivity index (χ0n) is 16.1. The van der Waals surface area contributed by atoms with Crippen LogP contribution >= 0.6 is 23.1 Å². The van der Waals surface area contributed by atoms with Crippen molar-refractivity contribution < 1.29 is 4.79 Å². The van der Waals surface area contributed by atoms with Crippen LogP contribution in [-0.2, 0) is 4.79 Å². The molecule has 152 valence electrons. The molecule has 7 nitrogen and oxygen atoms in total. The maximum Gasteiger partial charge on any atom is 0.230 e. The fourth-order valence-corrected chi connectivity index (χ4v) is 5.82. The first-order valence-electron chi connectivity index (χ1n) is 10.2. The van der Waals surface area contributed by atoms with Gasteiger partial charge in [0, 0.05) is 23.7 Å². The maximum absolute atomic E-state index is 12.4. The number of amides is 1. The van der Waals surface area contributed by atoms with E-state index in [1.165, 1.54) is 31.0 Å². The first-order valence-corrected chi connectivity index (χ1v) is 12.0. The molecule has 0 radical (unpaired) electrons. The van der Waals surface area contributed by atoms with Gasteiger partial charge in [0.15, 0.2) is 11.0 Å². The van der Waals surface area contributed by atoms with E-state index in [0.717, 1.165) is 51.8 Å². The lowest BCUT2D eigenvalue weighted by Gasteiger charge is -2.22. The van der Waals surface area contributed by atoms with E-state index >= 15 is 0 Å². The predicted octanol–water partition coefficient (Wildman–Crippen LogP) is 4.01. The number of aromatic nitrogens is 4. The van der Waals surface area contributed by atoms with Gasteiger partial charge in [0.25, 0.3) is 0 Å². The Hall–Kier alpha value is -2.13. The van der Waals surface area contributed by atoms with Crippen molar-refractivity contribution in [1.29, 1.82) is 0 Å². The van der Waals surface area contributed by atoms with Crippen LogP contribution in [0.3, 0.4) is 0 Å². The van der Waals surface area contributed by atoms with Crippen LogP contribution in [0.2, 0.25) is 0 Å². The van der Waals surface area contributed by atoms with Crippen molar-refractivity contribution >= 4 is 44.9 Å². The number of thioether (sulfide) groups is 1. The summed E-state index contributed by atoms with van der Waals surface area (Å²) in [6.45, 7) is 0. The molecule has 0 aromatic carbocycles. The van der Waals surface area contributed by atoms with Gasteiger partial charge < -0.3 is 11.1 Å². The summed E-state index contributed by atoms with van der Waals surface area (Å²) in [6.07, 6.45) is 9.89. The molecule has 29 heavy (non-hydrogen) atoms. The molecule has 0 saturated heterocycles. The molecule has 3 aromatic rings. The first-order chi connectivity index (χ1) is 14.2. The van der Waals surface area contributed by atoms with Crippen molar-refractivity contribution in [3.05, 3.63) is 18.3 Å². The van der Waals surface area contributed by atoms with Crippen LogP contribution < -0.4 is 11.1 Å². The van der Waals surface area contributed by atoms with Crippen molar-refractivity contribution in [2.24, 2.45) is 0 Å². The summed E-state index contributed by atoms with van der Waals surface area (Å²) in [6, 6.07) is 4.61. The normalized spacial score (nSPS) is 17.7. The number of carbonyl (C=O) groups is 1. The summed E-state index contributed by atoms with van der Waals surface area (Å²) in [5, 5.41) is 13.8. The summed E-state index contributed by atoms with van der Waals surface area (Å²) >= 11 is 3.02. The highest BCUT2D eigenvalue weighted by molar-refractivity contribution is 7.99. The lowest BCUT2D eigenvalue weighted by molar-refractivity contribution is -0.119. The minimum atomic E-state index is 0.0828. The minimum absolute atomic E-state index is 0.0828. The molecule has 0 atom stereocenters. The van der Waals surface area contributed by atoms with Crippen LogP contribution in [0.25, 0.3) is 20.9 Å². The van der Waals surface area contributed by atoms with E-state index in [4.69, 9.17) is 5.73 Å². The molecule has 3 aromatic heterocycles. The number of pyridine rings is 1. The Balaban J connectivity index is 1.35. The summed E-state index contributed by atoms with van der Waals surface area (Å²) in [5.41, 5.74) is 7.12. The molecule has 0 spiro atoms. The highest BCUT2D eigenvalue weighted by atomic mass is 32.2. The van der Waals surface area contributed by atoms with Gasteiger partial charge in [-0.2, -0.15) is 0 Å². The molecule has 1 amide bonds. The highest BCUT2D eigenvalue weighted by Gasteiger charge is 2.32. The van der Waals surface area contributed by atoms with Crippen molar-refractivity contribution in [3.63, 3.8) is 0 Å². The lowest BCUT2D eigenvalue weighted by atomic mass is 9.95. The summed E-state index contributed by atoms with van der Waals surface area (Å²) < 4.78 is 2.17. The van der Waals surface area contributed by atoms with Gasteiger partial charge in [-0.25, -0.2) is 4.98 Å². The number of nitrogen functional groups attached to an aromatic ring is 1. The molecule has 2 aliphatic carbocycles. The molecule has 2 saturated carbocycles. The standard InChI is InChI=1S/C20H24N6OS2/c21-16-14-7-4-10-22-19(14)29-17(16)18-24-25-20(26(18)13-8-9-13)28-11-15(27)23-12-5-2-1-3-6-12/h4,7,10,12-13H,1-3,5-6,8-9,11,21H2,(H,23,27). The predicted molar refractivity (Wildman–Crippen MR) is 117 cm³/mol. The Morgan fingerprint density at radius 3 is 2.83 bits per heavy atom. The van der Waals surface area contributed by atoms with Crippen LogP contribution in [-0.4, -0.2) is 37.5 Å². The van der Waals surface area contributed by atoms with E-state index in [-0.39, 0.29) is 5.91 Å². The second kappa shape index (κ2) is 7.95. The van der Waals surface area contributed by atoms with Gasteiger partial charge in [0.05, 0.1) is 16.3 Å². The quantitative estimate of drug-likeness (QED) is 0.576. The lowest BCUT2D eigenvalue weighted by Crippen LogP contribution is -2.37. The molecule has 9 heteroatoms. The number of hydrogen-bond acceptors (Lipinski definition) is 7. The Kier molecular flexibility index (Phi) is 5.17. The maximum atomic E-state index is 12.4. The second-order valence-electron chi connectivity index (χ2n) is 7.80. The van der Waals surface area contributed by atoms with Crippen LogP contribution in [0.4, 0.5) is 5.69 Å². The van der Waals surface area contributed by atoms with E-state index in [0.29, 0.717) is 23.5 Å². The van der Waals surface area contributed by atoms with Crippen LogP contribution in [0.1, 0.15) is 51.0 Å². The third-order valence-electron chi connectivity index (χ3n) is 5.59. The Bertz CT molecular complexity index is 1030. The number of anilines is 1. The largest absolute Gasteiger partial charge is 0.397 e. The molecule has 0 aliphatic heterocycles. The summed E-state index contributed by atoms with van der Waals surface area (Å²) in [7, 11) is 0. The third kappa shape index (κ3) is 3.85. The summed E-state index contributed by atoms with van der Waals surface area (Å²) in [5.74, 6) is 1.24. The molecule has 3 N–H and O–H groups in total. The summed E-state index contributed by atoms with van der Waals surface area (Å²) in [4.78, 5) is 18.7. The number of thiophene rings is 1. The molecule has 0 unspecified atom stereocenters. The highest BCUT2D eigenvalue weighted by Crippen LogP contribution is 2.45. The molecular formula is C20H24N6OS2. The molecule has 0 bridgehead atoms. The average Bonchev–Trinajstić information content (AvgIpc) is 3.41. The van der Waals surface area contributed by atoms with Gasteiger partial charge in [0.2, 0.25) is 5.91 Å². The van der Waals surface area contributed by atoms with Crippen molar-refractivity contribution in [2.45, 2.75) is 62.2 Å². The Morgan fingerprint density at radius 1 is 1.24 bits per heavy atom. The number of carbonyl (C=O) groups excluding carboxylic acids is 1. The molecular weight excluding hydrogens is 404 g/mol. The van der Waals surface area contributed by atoms with Gasteiger partial charge in [-0.05, 0) is 37.8 Å². The van der Waals surface area contributed by atoms with E-state index in [2.05, 4.69) is 25.1 Å². The average molecular weight is 429 g/mol. The first kappa shape index (κ1) is 18.9. The molecule has 2 fully saturated rings. The second-order valence-corrected chi connectivity index (χ2v) is 9.74. The van der Waals surface area contributed by atoms with E-state index in [9.17, 15) is 4.79 Å². The van der Waals surface area contributed by atoms with Crippen molar-refractivity contribution in [1.82, 2.24) is 25.1 Å². The van der Waals surface area contributed by atoms with E-state index in [1.54, 1.807) is 17.5 Å². The van der Waals surface area contributed by atoms with Crippen molar-refractivity contribution in [3.8, 4) is 10.7 Å². The Labute approximate surface area is 177 Å². The van der Waals surface area contributed by atoms with E-state index in [1.807, 2.05) is 12.1 Å². The zero-order chi connectivity index (χ0) is 19.8. The SMILES string of the molecule is Nc1c(-c2nnc(SCC(=O)NC3CCCCC3)n2C2CC2)sc2ncccc12. The van der Waals surface area contributed by atoms with Crippen molar-refractivity contribution in [2.75, 3.05) is 11.5 Å². The number of hydrogen-bond donors (Lipinski definition) is 2. The minimum Gasteiger partial charge on any atom is -0.397 e. The molecule has 2 aliphatic rings. The topological polar surface area (TPSA) is 98.7 Å². The van der Waals surface area contributed by atoms with Gasteiger partial charge in [0.1, 0.15) is 4.83 Å². The van der Waals surface area contributed by atoms with E-state index < -0.39 is 0 Å². The smallest absolute Gasteiger partial charge is 0.230 e. The van der Waals surface area contributed by atoms with Gasteiger partial charge in [-0.3, -0.25) is 9.36 Å². The number of nitrogens with one attached hydrogen (secondary N) is 1. The number of nitrogens with two attached hydrogens (primary N) is 1.